The molecule has 2 radical (unpaired) electrons. The lowest BCUT2D eigenvalue weighted by Crippen LogP contribution is -2.28. The summed E-state index contributed by atoms with van der Waals surface area (Å²) < 4.78 is 0. The molecule has 0 bridgehead atoms. The molecule has 0 spiro atoms. The molecule has 0 heterocycles. The van der Waals surface area contributed by atoms with Gasteiger partial charge in [-0.3, -0.25) is 0 Å². The third-order valence-corrected chi connectivity index (χ3v) is 1.84. The van der Waals surface area contributed by atoms with Crippen LogP contribution in [-0.2, 0) is 0 Å². The quantitative estimate of drug-likeness (QED) is 0.495. The maximum Gasteiger partial charge on any atom is 0.178 e. The molecule has 0 atom stereocenters. The van der Waals surface area contributed by atoms with Gasteiger partial charge in [0, 0.05) is 0 Å². The minimum absolute atomic E-state index is 0.615. The Morgan fingerprint density at radius 2 is 1.75 bits per heavy atom. The van der Waals surface area contributed by atoms with Crippen LogP contribution in [0.3, 0.4) is 0 Å². The van der Waals surface area contributed by atoms with Gasteiger partial charge in [-0.2, -0.15) is 0 Å². The highest BCUT2D eigenvalue weighted by atomic mass is 14.8. The zero-order chi connectivity index (χ0) is 5.82. The van der Waals surface area contributed by atoms with Crippen LogP contribution in [0.2, 0.25) is 0 Å². The SMILES string of the molecule is [B]NC1CCCCC1. The summed E-state index contributed by atoms with van der Waals surface area (Å²) in [7, 11) is 5.25. The largest absolute Gasteiger partial charge is 0.364 e. The Balaban J connectivity index is 2.13. The smallest absolute Gasteiger partial charge is 0.178 e. The Hall–Kier alpha value is 0.0249. The highest BCUT2D eigenvalue weighted by Crippen LogP contribution is 2.16. The lowest BCUT2D eigenvalue weighted by atomic mass is 9.94. The van der Waals surface area contributed by atoms with E-state index in [1.54, 1.807) is 0 Å². The third kappa shape index (κ3) is 1.51. The van der Waals surface area contributed by atoms with Gasteiger partial charge in [0.05, 0.1) is 0 Å². The summed E-state index contributed by atoms with van der Waals surface area (Å²) in [5.74, 6) is 0. The van der Waals surface area contributed by atoms with Crippen molar-refractivity contribution in [3.05, 3.63) is 0 Å². The molecule has 1 nitrogen and oxygen atoms in total. The van der Waals surface area contributed by atoms with E-state index in [0.717, 1.165) is 0 Å². The van der Waals surface area contributed by atoms with Crippen molar-refractivity contribution in [1.82, 2.24) is 5.23 Å². The van der Waals surface area contributed by atoms with Crippen LogP contribution in [-0.4, -0.2) is 14.0 Å². The van der Waals surface area contributed by atoms with Crippen molar-refractivity contribution in [2.45, 2.75) is 38.1 Å². The van der Waals surface area contributed by atoms with Gasteiger partial charge in [0.2, 0.25) is 0 Å². The van der Waals surface area contributed by atoms with E-state index in [2.05, 4.69) is 5.23 Å². The van der Waals surface area contributed by atoms with E-state index in [4.69, 9.17) is 7.98 Å². The highest BCUT2D eigenvalue weighted by Gasteiger charge is 2.08. The topological polar surface area (TPSA) is 12.0 Å². The first-order valence-electron chi connectivity index (χ1n) is 3.39. The lowest BCUT2D eigenvalue weighted by molar-refractivity contribution is 0.420. The van der Waals surface area contributed by atoms with Gasteiger partial charge in [0.25, 0.3) is 0 Å². The summed E-state index contributed by atoms with van der Waals surface area (Å²) in [6.45, 7) is 0. The molecule has 1 saturated carbocycles. The van der Waals surface area contributed by atoms with Crippen molar-refractivity contribution >= 4 is 7.98 Å². The highest BCUT2D eigenvalue weighted by molar-refractivity contribution is 6.04. The van der Waals surface area contributed by atoms with Crippen LogP contribution in [0.15, 0.2) is 0 Å². The first-order valence-corrected chi connectivity index (χ1v) is 3.39. The van der Waals surface area contributed by atoms with Crippen molar-refractivity contribution < 1.29 is 0 Å². The van der Waals surface area contributed by atoms with E-state index in [1.807, 2.05) is 0 Å². The maximum atomic E-state index is 5.25. The van der Waals surface area contributed by atoms with E-state index in [9.17, 15) is 0 Å². The Morgan fingerprint density at radius 3 is 2.12 bits per heavy atom. The number of rotatable bonds is 1. The van der Waals surface area contributed by atoms with Gasteiger partial charge in [0.1, 0.15) is 0 Å². The van der Waals surface area contributed by atoms with Crippen molar-refractivity contribution in [2.75, 3.05) is 0 Å². The van der Waals surface area contributed by atoms with Gasteiger partial charge < -0.3 is 5.23 Å². The average Bonchev–Trinajstić information content (AvgIpc) is 1.90. The monoisotopic (exact) mass is 109 g/mol. The lowest BCUT2D eigenvalue weighted by Gasteiger charge is -2.20. The molecule has 0 unspecified atom stereocenters. The molecule has 8 heavy (non-hydrogen) atoms. The Labute approximate surface area is 52.3 Å². The minimum atomic E-state index is 0.615. The van der Waals surface area contributed by atoms with Crippen molar-refractivity contribution in [1.29, 1.82) is 0 Å². The number of hydrogen-bond acceptors (Lipinski definition) is 1. The predicted octanol–water partition coefficient (Wildman–Crippen LogP) is 0.992. The first kappa shape index (κ1) is 6.15. The third-order valence-electron chi connectivity index (χ3n) is 1.84. The molecule has 1 aliphatic carbocycles. The van der Waals surface area contributed by atoms with Gasteiger partial charge in [-0.25, -0.2) is 0 Å². The van der Waals surface area contributed by atoms with E-state index >= 15 is 0 Å². The number of nitrogens with one attached hydrogen (secondary N) is 1. The van der Waals surface area contributed by atoms with Crippen molar-refractivity contribution in [2.24, 2.45) is 0 Å². The normalized spacial score (nSPS) is 23.5. The second-order valence-corrected chi connectivity index (χ2v) is 2.50. The van der Waals surface area contributed by atoms with Gasteiger partial charge in [0.15, 0.2) is 7.98 Å². The predicted molar refractivity (Wildman–Crippen MR) is 35.8 cm³/mol. The fourth-order valence-electron chi connectivity index (χ4n) is 1.27. The van der Waals surface area contributed by atoms with Gasteiger partial charge in [-0.05, 0) is 18.9 Å². The molecule has 44 valence electrons. The van der Waals surface area contributed by atoms with E-state index in [0.29, 0.717) is 6.04 Å². The molecule has 0 amide bonds. The first-order chi connectivity index (χ1) is 3.93. The molecule has 0 aromatic carbocycles. The molecule has 1 N–H and O–H groups in total. The van der Waals surface area contributed by atoms with E-state index in [1.165, 1.54) is 32.1 Å². The summed E-state index contributed by atoms with van der Waals surface area (Å²) in [6, 6.07) is 0.615. The minimum Gasteiger partial charge on any atom is -0.364 e. The second kappa shape index (κ2) is 3.13. The van der Waals surface area contributed by atoms with Crippen molar-refractivity contribution in [3.8, 4) is 0 Å². The molecule has 0 saturated heterocycles. The zero-order valence-electron chi connectivity index (χ0n) is 5.19. The second-order valence-electron chi connectivity index (χ2n) is 2.50. The summed E-state index contributed by atoms with van der Waals surface area (Å²) >= 11 is 0. The molecule has 2 heteroatoms. The fourth-order valence-corrected chi connectivity index (χ4v) is 1.27. The van der Waals surface area contributed by atoms with E-state index in [-0.39, 0.29) is 0 Å². The molecular weight excluding hydrogens is 96.9 g/mol. The fraction of sp³-hybridized carbons (Fsp3) is 1.00. The van der Waals surface area contributed by atoms with Crippen LogP contribution in [0.4, 0.5) is 0 Å². The summed E-state index contributed by atoms with van der Waals surface area (Å²) in [5, 5.41) is 2.80. The maximum absolute atomic E-state index is 5.25. The molecule has 0 aliphatic heterocycles. The van der Waals surface area contributed by atoms with Crippen LogP contribution in [0.5, 0.6) is 0 Å². The molecule has 1 rings (SSSR count). The van der Waals surface area contributed by atoms with Crippen LogP contribution in [0.1, 0.15) is 32.1 Å². The Bertz CT molecular complexity index is 59.5. The average molecular weight is 109 g/mol. The van der Waals surface area contributed by atoms with Crippen molar-refractivity contribution in [3.63, 3.8) is 0 Å². The summed E-state index contributed by atoms with van der Waals surface area (Å²) in [6.07, 6.45) is 6.66. The van der Waals surface area contributed by atoms with Crippen LogP contribution >= 0.6 is 0 Å². The zero-order valence-corrected chi connectivity index (χ0v) is 5.19. The molecule has 1 fully saturated rings. The van der Waals surface area contributed by atoms with Gasteiger partial charge in [-0.15, -0.1) is 0 Å². The summed E-state index contributed by atoms with van der Waals surface area (Å²) in [5.41, 5.74) is 0. The summed E-state index contributed by atoms with van der Waals surface area (Å²) in [4.78, 5) is 0. The number of hydrogen-bond donors (Lipinski definition) is 1. The van der Waals surface area contributed by atoms with Crippen LogP contribution in [0.25, 0.3) is 0 Å². The molecule has 0 aromatic rings. The standard InChI is InChI=1S/C6H12BN/c7-8-6-4-2-1-3-5-6/h6,8H,1-5H2. The van der Waals surface area contributed by atoms with Crippen LogP contribution < -0.4 is 5.23 Å². The molecule has 0 aromatic heterocycles. The molecule has 1 aliphatic rings. The van der Waals surface area contributed by atoms with Gasteiger partial charge in [-0.1, -0.05) is 19.3 Å². The van der Waals surface area contributed by atoms with Gasteiger partial charge >= 0.3 is 0 Å². The van der Waals surface area contributed by atoms with E-state index < -0.39 is 0 Å². The Kier molecular flexibility index (Phi) is 2.41. The Morgan fingerprint density at radius 1 is 1.12 bits per heavy atom. The molecular formula is C6H12BN. The van der Waals surface area contributed by atoms with Crippen LogP contribution in [0, 0.1) is 0 Å².